The van der Waals surface area contributed by atoms with Crippen LogP contribution < -0.4 is 16.4 Å². The lowest BCUT2D eigenvalue weighted by Gasteiger charge is -2.26. The van der Waals surface area contributed by atoms with Crippen LogP contribution in [0.1, 0.15) is 57.4 Å². The van der Waals surface area contributed by atoms with Gasteiger partial charge in [0.1, 0.15) is 0 Å². The molecular formula is C23H40IN5O2. The minimum absolute atomic E-state index is 0. The van der Waals surface area contributed by atoms with Gasteiger partial charge in [0.2, 0.25) is 5.91 Å². The minimum Gasteiger partial charge on any atom is -0.379 e. The Kier molecular flexibility index (Phi) is 15.3. The van der Waals surface area contributed by atoms with Gasteiger partial charge in [0.15, 0.2) is 5.96 Å². The zero-order valence-electron chi connectivity index (χ0n) is 18.9. The van der Waals surface area contributed by atoms with E-state index in [9.17, 15) is 4.79 Å². The number of nitrogens with zero attached hydrogens (tertiary/aromatic N) is 2. The number of amides is 1. The molecule has 7 nitrogen and oxygen atoms in total. The summed E-state index contributed by atoms with van der Waals surface area (Å²) in [5.74, 6) is 0.505. The van der Waals surface area contributed by atoms with Gasteiger partial charge in [0.25, 0.3) is 0 Å². The second kappa shape index (κ2) is 17.2. The van der Waals surface area contributed by atoms with Crippen LogP contribution in [0.5, 0.6) is 0 Å². The Balaban J connectivity index is 0.00000480. The van der Waals surface area contributed by atoms with Crippen molar-refractivity contribution < 1.29 is 9.53 Å². The number of nitrogens with two attached hydrogens (primary N) is 1. The molecule has 0 aliphatic carbocycles. The van der Waals surface area contributed by atoms with E-state index < -0.39 is 0 Å². The van der Waals surface area contributed by atoms with Gasteiger partial charge in [-0.2, -0.15) is 0 Å². The molecule has 1 heterocycles. The highest BCUT2D eigenvalue weighted by atomic mass is 127. The summed E-state index contributed by atoms with van der Waals surface area (Å²) >= 11 is 0. The van der Waals surface area contributed by atoms with Crippen LogP contribution >= 0.6 is 24.0 Å². The van der Waals surface area contributed by atoms with Crippen molar-refractivity contribution in [1.29, 1.82) is 0 Å². The van der Waals surface area contributed by atoms with E-state index in [2.05, 4.69) is 27.4 Å². The molecule has 1 aromatic rings. The van der Waals surface area contributed by atoms with Crippen LogP contribution in [-0.2, 0) is 16.1 Å². The van der Waals surface area contributed by atoms with E-state index in [1.165, 1.54) is 32.1 Å². The van der Waals surface area contributed by atoms with Gasteiger partial charge in [0, 0.05) is 38.3 Å². The molecule has 1 aliphatic rings. The van der Waals surface area contributed by atoms with Gasteiger partial charge >= 0.3 is 0 Å². The molecule has 1 aromatic carbocycles. The van der Waals surface area contributed by atoms with Gasteiger partial charge in [-0.25, -0.2) is 4.99 Å². The van der Waals surface area contributed by atoms with E-state index in [1.54, 1.807) is 0 Å². The summed E-state index contributed by atoms with van der Waals surface area (Å²) < 4.78 is 5.33. The Morgan fingerprint density at radius 3 is 2.68 bits per heavy atom. The van der Waals surface area contributed by atoms with Gasteiger partial charge < -0.3 is 21.1 Å². The number of morpholine rings is 1. The van der Waals surface area contributed by atoms with Crippen LogP contribution in [0, 0.1) is 0 Å². The summed E-state index contributed by atoms with van der Waals surface area (Å²) in [7, 11) is 0. The number of hydrogen-bond acceptors (Lipinski definition) is 4. The van der Waals surface area contributed by atoms with Crippen molar-refractivity contribution in [2.24, 2.45) is 10.7 Å². The van der Waals surface area contributed by atoms with Crippen molar-refractivity contribution in [2.75, 3.05) is 44.7 Å². The third-order valence-corrected chi connectivity index (χ3v) is 5.24. The minimum atomic E-state index is 0. The van der Waals surface area contributed by atoms with Crippen LogP contribution in [-0.4, -0.2) is 56.2 Å². The molecule has 2 rings (SSSR count). The van der Waals surface area contributed by atoms with E-state index in [-0.39, 0.29) is 29.9 Å². The molecular weight excluding hydrogens is 505 g/mol. The molecule has 0 aromatic heterocycles. The van der Waals surface area contributed by atoms with E-state index in [0.717, 1.165) is 57.1 Å². The molecule has 8 heteroatoms. The molecule has 0 radical (unpaired) electrons. The van der Waals surface area contributed by atoms with Crippen molar-refractivity contribution in [2.45, 2.75) is 58.4 Å². The third-order valence-electron chi connectivity index (χ3n) is 5.24. The molecule has 0 unspecified atom stereocenters. The predicted molar refractivity (Wildman–Crippen MR) is 139 cm³/mol. The van der Waals surface area contributed by atoms with Gasteiger partial charge in [0.05, 0.1) is 19.8 Å². The first-order valence-electron chi connectivity index (χ1n) is 11.4. The number of ether oxygens (including phenoxy) is 1. The van der Waals surface area contributed by atoms with Crippen molar-refractivity contribution in [1.82, 2.24) is 10.2 Å². The maximum atomic E-state index is 12.2. The van der Waals surface area contributed by atoms with Gasteiger partial charge in [-0.05, 0) is 24.1 Å². The van der Waals surface area contributed by atoms with E-state index in [4.69, 9.17) is 10.5 Å². The lowest BCUT2D eigenvalue weighted by molar-refractivity contribution is -0.116. The van der Waals surface area contributed by atoms with Gasteiger partial charge in [-0.15, -0.1) is 24.0 Å². The normalized spacial score (nSPS) is 14.7. The molecule has 0 saturated carbocycles. The first kappa shape index (κ1) is 27.6. The molecule has 1 saturated heterocycles. The number of rotatable bonds is 13. The van der Waals surface area contributed by atoms with Crippen LogP contribution in [0.3, 0.4) is 0 Å². The molecule has 176 valence electrons. The number of anilines is 1. The molecule has 0 spiro atoms. The molecule has 1 aliphatic heterocycles. The fourth-order valence-electron chi connectivity index (χ4n) is 3.41. The molecule has 0 bridgehead atoms. The monoisotopic (exact) mass is 545 g/mol. The molecule has 4 N–H and O–H groups in total. The lowest BCUT2D eigenvalue weighted by Crippen LogP contribution is -2.38. The second-order valence-electron chi connectivity index (χ2n) is 7.85. The largest absolute Gasteiger partial charge is 0.379 e. The Labute approximate surface area is 204 Å². The summed E-state index contributed by atoms with van der Waals surface area (Å²) in [5.41, 5.74) is 7.79. The van der Waals surface area contributed by atoms with Crippen molar-refractivity contribution >= 4 is 41.5 Å². The highest BCUT2D eigenvalue weighted by molar-refractivity contribution is 14.0. The summed E-state index contributed by atoms with van der Waals surface area (Å²) in [6, 6.07) is 7.79. The summed E-state index contributed by atoms with van der Waals surface area (Å²) in [6.07, 6.45) is 8.04. The maximum Gasteiger partial charge on any atom is 0.225 e. The Morgan fingerprint density at radius 1 is 1.16 bits per heavy atom. The fraction of sp³-hybridized carbons (Fsp3) is 0.652. The summed E-state index contributed by atoms with van der Waals surface area (Å²) in [5, 5.41) is 6.16. The SMILES string of the molecule is CCCCCCCCNC(N)=NCc1cccc(NC(=O)CCN2CCOCC2)c1.I. The molecule has 0 atom stereocenters. The van der Waals surface area contributed by atoms with Crippen molar-refractivity contribution in [3.63, 3.8) is 0 Å². The highest BCUT2D eigenvalue weighted by Crippen LogP contribution is 2.12. The standard InChI is InChI=1S/C23H39N5O2.HI/c1-2-3-4-5-6-7-12-25-23(24)26-19-20-9-8-10-21(18-20)27-22(29)11-13-28-14-16-30-17-15-28;/h8-10,18H,2-7,11-17,19H2,1H3,(H,27,29)(H3,24,25,26);1H. The average molecular weight is 546 g/mol. The van der Waals surface area contributed by atoms with E-state index in [0.29, 0.717) is 18.9 Å². The topological polar surface area (TPSA) is 92.0 Å². The van der Waals surface area contributed by atoms with Crippen molar-refractivity contribution in [3.8, 4) is 0 Å². The maximum absolute atomic E-state index is 12.2. The number of nitrogens with one attached hydrogen (secondary N) is 2. The highest BCUT2D eigenvalue weighted by Gasteiger charge is 2.12. The number of halogens is 1. The van der Waals surface area contributed by atoms with Gasteiger partial charge in [-0.1, -0.05) is 51.2 Å². The number of aliphatic imine (C=N–C) groups is 1. The Hall–Kier alpha value is -1.39. The lowest BCUT2D eigenvalue weighted by atomic mass is 10.1. The Bertz CT molecular complexity index is 651. The summed E-state index contributed by atoms with van der Waals surface area (Å²) in [6.45, 7) is 7.65. The van der Waals surface area contributed by atoms with Crippen LogP contribution in [0.25, 0.3) is 0 Å². The van der Waals surface area contributed by atoms with Crippen LogP contribution in [0.15, 0.2) is 29.3 Å². The smallest absolute Gasteiger partial charge is 0.225 e. The predicted octanol–water partition coefficient (Wildman–Crippen LogP) is 3.73. The zero-order chi connectivity index (χ0) is 21.4. The Morgan fingerprint density at radius 2 is 1.90 bits per heavy atom. The quantitative estimate of drug-likeness (QED) is 0.152. The zero-order valence-corrected chi connectivity index (χ0v) is 21.2. The number of carbonyl (C=O) groups excluding carboxylic acids is 1. The van der Waals surface area contributed by atoms with Crippen LogP contribution in [0.2, 0.25) is 0 Å². The van der Waals surface area contributed by atoms with Gasteiger partial charge in [-0.3, -0.25) is 9.69 Å². The van der Waals surface area contributed by atoms with E-state index in [1.807, 2.05) is 24.3 Å². The fourth-order valence-corrected chi connectivity index (χ4v) is 3.41. The average Bonchev–Trinajstić information content (AvgIpc) is 2.77. The second-order valence-corrected chi connectivity index (χ2v) is 7.85. The molecule has 1 amide bonds. The number of hydrogen-bond donors (Lipinski definition) is 3. The number of unbranched alkanes of at least 4 members (excludes halogenated alkanes) is 5. The number of carbonyl (C=O) groups is 1. The first-order valence-corrected chi connectivity index (χ1v) is 11.4. The third kappa shape index (κ3) is 12.9. The van der Waals surface area contributed by atoms with Crippen LogP contribution in [0.4, 0.5) is 5.69 Å². The number of benzene rings is 1. The van der Waals surface area contributed by atoms with Crippen molar-refractivity contribution in [3.05, 3.63) is 29.8 Å². The summed E-state index contributed by atoms with van der Waals surface area (Å²) in [4.78, 5) is 18.9. The molecule has 31 heavy (non-hydrogen) atoms. The first-order chi connectivity index (χ1) is 14.7. The van der Waals surface area contributed by atoms with E-state index >= 15 is 0 Å². The number of guanidine groups is 1. The molecule has 1 fully saturated rings.